The summed E-state index contributed by atoms with van der Waals surface area (Å²) < 4.78 is 0. The highest BCUT2D eigenvalue weighted by Gasteiger charge is 1.88. The van der Waals surface area contributed by atoms with E-state index in [-0.39, 0.29) is 0 Å². The van der Waals surface area contributed by atoms with Crippen LogP contribution in [0.3, 0.4) is 0 Å². The number of hydrogen-bond acceptors (Lipinski definition) is 0. The van der Waals surface area contributed by atoms with E-state index in [4.69, 9.17) is 0 Å². The van der Waals surface area contributed by atoms with Crippen LogP contribution in [0.1, 0.15) is 33.1 Å². The fraction of sp³-hybridized carbons (Fsp3) is 0.857. The molecule has 44 valence electrons. The third-order valence-electron chi connectivity index (χ3n) is 1.27. The molecule has 0 heteroatoms. The molecule has 0 saturated carbocycles. The maximum atomic E-state index is 3.80. The molecule has 0 amide bonds. The third-order valence-corrected chi connectivity index (χ3v) is 1.27. The SMILES string of the molecule is [CH2-]CC(C)CCC. The molecule has 0 aromatic carbocycles. The molecule has 0 aliphatic rings. The highest BCUT2D eigenvalue weighted by molar-refractivity contribution is 4.51. The maximum Gasteiger partial charge on any atom is -0.0534 e. The van der Waals surface area contributed by atoms with Crippen molar-refractivity contribution in [1.82, 2.24) is 0 Å². The van der Waals surface area contributed by atoms with Crippen LogP contribution in [0.4, 0.5) is 0 Å². The monoisotopic (exact) mass is 99.1 g/mol. The summed E-state index contributed by atoms with van der Waals surface area (Å²) in [5.41, 5.74) is 0. The first-order valence-electron chi connectivity index (χ1n) is 3.10. The second-order valence-electron chi connectivity index (χ2n) is 2.18. The Morgan fingerprint density at radius 3 is 2.29 bits per heavy atom. The first-order valence-corrected chi connectivity index (χ1v) is 3.10. The van der Waals surface area contributed by atoms with Crippen molar-refractivity contribution in [3.05, 3.63) is 6.92 Å². The van der Waals surface area contributed by atoms with Gasteiger partial charge in [0.2, 0.25) is 0 Å². The van der Waals surface area contributed by atoms with Crippen molar-refractivity contribution in [2.24, 2.45) is 5.92 Å². The summed E-state index contributed by atoms with van der Waals surface area (Å²) >= 11 is 0. The average Bonchev–Trinajstić information content (AvgIpc) is 1.68. The Bertz CT molecular complexity index is 31.0. The van der Waals surface area contributed by atoms with E-state index in [2.05, 4.69) is 20.8 Å². The van der Waals surface area contributed by atoms with Crippen LogP contribution >= 0.6 is 0 Å². The molecular formula is C7H15-. The average molecular weight is 99.2 g/mol. The molecule has 1 atom stereocenters. The van der Waals surface area contributed by atoms with Crippen molar-refractivity contribution in [3.63, 3.8) is 0 Å². The van der Waals surface area contributed by atoms with Gasteiger partial charge in [-0.15, -0.1) is 0 Å². The van der Waals surface area contributed by atoms with Gasteiger partial charge in [0.1, 0.15) is 0 Å². The van der Waals surface area contributed by atoms with Crippen molar-refractivity contribution in [2.75, 3.05) is 0 Å². The van der Waals surface area contributed by atoms with Gasteiger partial charge in [0, 0.05) is 0 Å². The van der Waals surface area contributed by atoms with Crippen LogP contribution in [0.25, 0.3) is 0 Å². The van der Waals surface area contributed by atoms with E-state index < -0.39 is 0 Å². The van der Waals surface area contributed by atoms with E-state index in [0.717, 1.165) is 12.3 Å². The zero-order valence-electron chi connectivity index (χ0n) is 5.41. The second-order valence-corrected chi connectivity index (χ2v) is 2.18. The molecule has 0 bridgehead atoms. The molecule has 0 fully saturated rings. The molecule has 0 aliphatic heterocycles. The van der Waals surface area contributed by atoms with Gasteiger partial charge in [-0.25, -0.2) is 0 Å². The summed E-state index contributed by atoms with van der Waals surface area (Å²) in [5.74, 6) is 0.838. The van der Waals surface area contributed by atoms with Crippen molar-refractivity contribution in [2.45, 2.75) is 33.1 Å². The van der Waals surface area contributed by atoms with Crippen molar-refractivity contribution in [3.8, 4) is 0 Å². The lowest BCUT2D eigenvalue weighted by atomic mass is 10.0. The zero-order chi connectivity index (χ0) is 5.70. The Balaban J connectivity index is 2.83. The van der Waals surface area contributed by atoms with Crippen molar-refractivity contribution < 1.29 is 0 Å². The van der Waals surface area contributed by atoms with E-state index >= 15 is 0 Å². The smallest absolute Gasteiger partial charge is 0.0534 e. The Morgan fingerprint density at radius 1 is 1.57 bits per heavy atom. The lowest BCUT2D eigenvalue weighted by molar-refractivity contribution is 0.530. The van der Waals surface area contributed by atoms with Crippen molar-refractivity contribution in [1.29, 1.82) is 0 Å². The molecular weight excluding hydrogens is 84.1 g/mol. The lowest BCUT2D eigenvalue weighted by Gasteiger charge is -2.07. The summed E-state index contributed by atoms with van der Waals surface area (Å²) in [4.78, 5) is 0. The summed E-state index contributed by atoms with van der Waals surface area (Å²) in [5, 5.41) is 0. The molecule has 0 nitrogen and oxygen atoms in total. The molecule has 0 heterocycles. The van der Waals surface area contributed by atoms with Crippen LogP contribution in [0, 0.1) is 12.8 Å². The fourth-order valence-electron chi connectivity index (χ4n) is 0.637. The Kier molecular flexibility index (Phi) is 4.17. The minimum atomic E-state index is 0.838. The summed E-state index contributed by atoms with van der Waals surface area (Å²) in [6, 6.07) is 0. The van der Waals surface area contributed by atoms with E-state index in [1.807, 2.05) is 0 Å². The molecule has 0 radical (unpaired) electrons. The maximum absolute atomic E-state index is 3.80. The summed E-state index contributed by atoms with van der Waals surface area (Å²) in [6.07, 6.45) is 3.73. The van der Waals surface area contributed by atoms with E-state index in [1.165, 1.54) is 12.8 Å². The van der Waals surface area contributed by atoms with Crippen LogP contribution in [0.2, 0.25) is 0 Å². The third kappa shape index (κ3) is 3.84. The molecule has 0 aromatic rings. The predicted octanol–water partition coefficient (Wildman–Crippen LogP) is 2.65. The predicted molar refractivity (Wildman–Crippen MR) is 34.0 cm³/mol. The van der Waals surface area contributed by atoms with Gasteiger partial charge in [0.25, 0.3) is 0 Å². The van der Waals surface area contributed by atoms with Gasteiger partial charge in [0.05, 0.1) is 0 Å². The molecule has 0 saturated heterocycles. The first kappa shape index (κ1) is 7.00. The minimum absolute atomic E-state index is 0.838. The van der Waals surface area contributed by atoms with Crippen molar-refractivity contribution >= 4 is 0 Å². The Hall–Kier alpha value is 0. The molecule has 7 heavy (non-hydrogen) atoms. The van der Waals surface area contributed by atoms with Gasteiger partial charge in [0.15, 0.2) is 0 Å². The van der Waals surface area contributed by atoms with Gasteiger partial charge in [-0.05, 0) is 0 Å². The summed E-state index contributed by atoms with van der Waals surface area (Å²) in [7, 11) is 0. The molecule has 0 aliphatic carbocycles. The highest BCUT2D eigenvalue weighted by atomic mass is 14.0. The second kappa shape index (κ2) is 4.17. The molecule has 0 aromatic heterocycles. The quantitative estimate of drug-likeness (QED) is 0.477. The van der Waals surface area contributed by atoms with Gasteiger partial charge in [-0.2, -0.15) is 6.42 Å². The van der Waals surface area contributed by atoms with Gasteiger partial charge >= 0.3 is 0 Å². The highest BCUT2D eigenvalue weighted by Crippen LogP contribution is 2.06. The first-order chi connectivity index (χ1) is 3.31. The van der Waals surface area contributed by atoms with Crippen LogP contribution < -0.4 is 0 Å². The van der Waals surface area contributed by atoms with E-state index in [1.54, 1.807) is 0 Å². The molecule has 0 rings (SSSR count). The largest absolute Gasteiger partial charge is 0.343 e. The molecule has 1 unspecified atom stereocenters. The number of hydrogen-bond donors (Lipinski definition) is 0. The normalized spacial score (nSPS) is 14.1. The van der Waals surface area contributed by atoms with Crippen LogP contribution in [-0.4, -0.2) is 0 Å². The van der Waals surface area contributed by atoms with Crippen LogP contribution in [0.15, 0.2) is 0 Å². The minimum Gasteiger partial charge on any atom is -0.343 e. The lowest BCUT2D eigenvalue weighted by Crippen LogP contribution is -1.88. The van der Waals surface area contributed by atoms with Gasteiger partial charge < -0.3 is 6.92 Å². The zero-order valence-corrected chi connectivity index (χ0v) is 5.41. The number of rotatable bonds is 3. The van der Waals surface area contributed by atoms with Crippen LogP contribution in [-0.2, 0) is 0 Å². The van der Waals surface area contributed by atoms with E-state index in [9.17, 15) is 0 Å². The Morgan fingerprint density at radius 2 is 2.14 bits per heavy atom. The Labute approximate surface area is 46.9 Å². The standard InChI is InChI=1S/C7H15/c1-4-6-7(3)5-2/h7H,2,4-6H2,1,3H3/q-1. The topological polar surface area (TPSA) is 0 Å². The van der Waals surface area contributed by atoms with Gasteiger partial charge in [-0.1, -0.05) is 32.6 Å². The van der Waals surface area contributed by atoms with E-state index in [0.29, 0.717) is 0 Å². The summed E-state index contributed by atoms with van der Waals surface area (Å²) in [6.45, 7) is 8.27. The molecule has 0 spiro atoms. The van der Waals surface area contributed by atoms with Crippen LogP contribution in [0.5, 0.6) is 0 Å². The molecule has 0 N–H and O–H groups in total. The van der Waals surface area contributed by atoms with Gasteiger partial charge in [-0.3, -0.25) is 0 Å². The fourth-order valence-corrected chi connectivity index (χ4v) is 0.637.